The summed E-state index contributed by atoms with van der Waals surface area (Å²) in [4.78, 5) is 28.3. The van der Waals surface area contributed by atoms with Crippen molar-refractivity contribution in [1.29, 1.82) is 0 Å². The lowest BCUT2D eigenvalue weighted by molar-refractivity contribution is -0.125. The van der Waals surface area contributed by atoms with Crippen LogP contribution < -0.4 is 4.90 Å². The number of pyridine rings is 1. The van der Waals surface area contributed by atoms with Crippen molar-refractivity contribution in [2.24, 2.45) is 5.92 Å². The van der Waals surface area contributed by atoms with E-state index in [0.717, 1.165) is 29.4 Å². The maximum atomic E-state index is 16.9. The van der Waals surface area contributed by atoms with Crippen LogP contribution in [0.3, 0.4) is 0 Å². The predicted molar refractivity (Wildman–Crippen MR) is 169 cm³/mol. The zero-order chi connectivity index (χ0) is 30.2. The average Bonchev–Trinajstić information content (AvgIpc) is 3.56. The standard InChI is InChI=1S/C33H32ClFN6O2/c1-5-27(43)39-13-18(2)26(16-39)41-17-36-31-32(41)24-12-25(34)28(23-11-21(42)10-19-8-6-7-9-22(19)23)29(35)30(24)37-33(31)40-14-20(15-40)38(3)4/h5-12,17-18,20,26,42H,1,13-16H2,2-4H3/t18-,26-/m1/s1. The molecule has 43 heavy (non-hydrogen) atoms. The van der Waals surface area contributed by atoms with Gasteiger partial charge in [0.25, 0.3) is 0 Å². The number of likely N-dealkylation sites (tertiary alicyclic amines) is 1. The molecule has 0 saturated carbocycles. The SMILES string of the molecule is C=CC(=O)N1C[C@@H](C)[C@H](n2cnc3c(N4CC(N(C)C)C4)nc4c(F)c(-c5cc(O)cc6ccccc56)c(Cl)cc4c32)C1. The number of phenols is 1. The second kappa shape index (κ2) is 10.2. The third-order valence-electron chi connectivity index (χ3n) is 9.10. The lowest BCUT2D eigenvalue weighted by Gasteiger charge is -2.43. The number of rotatable bonds is 5. The number of fused-ring (bicyclic) bond motifs is 4. The van der Waals surface area contributed by atoms with Crippen molar-refractivity contribution >= 4 is 56.0 Å². The van der Waals surface area contributed by atoms with Crippen molar-refractivity contribution in [3.05, 3.63) is 72.3 Å². The minimum absolute atomic E-state index is 0.0237. The number of carbonyl (C=O) groups excluding carboxylic acids is 1. The molecule has 0 aliphatic carbocycles. The maximum Gasteiger partial charge on any atom is 0.246 e. The first-order valence-electron chi connectivity index (χ1n) is 14.4. The Morgan fingerprint density at radius 3 is 2.63 bits per heavy atom. The van der Waals surface area contributed by atoms with E-state index in [1.54, 1.807) is 29.4 Å². The summed E-state index contributed by atoms with van der Waals surface area (Å²) >= 11 is 6.92. The van der Waals surface area contributed by atoms with Crippen LogP contribution in [-0.2, 0) is 4.79 Å². The summed E-state index contributed by atoms with van der Waals surface area (Å²) in [5.74, 6) is 0.112. The van der Waals surface area contributed by atoms with E-state index >= 15 is 4.39 Å². The minimum atomic E-state index is -0.554. The van der Waals surface area contributed by atoms with Crippen molar-refractivity contribution in [3.63, 3.8) is 0 Å². The van der Waals surface area contributed by atoms with Gasteiger partial charge in [-0.15, -0.1) is 0 Å². The van der Waals surface area contributed by atoms with Crippen LogP contribution in [0.25, 0.3) is 43.8 Å². The van der Waals surface area contributed by atoms with Gasteiger partial charge in [-0.25, -0.2) is 14.4 Å². The first kappa shape index (κ1) is 27.6. The third kappa shape index (κ3) is 4.33. The number of amides is 1. The maximum absolute atomic E-state index is 16.9. The predicted octanol–water partition coefficient (Wildman–Crippen LogP) is 5.86. The fourth-order valence-corrected chi connectivity index (χ4v) is 6.94. The highest BCUT2D eigenvalue weighted by Crippen LogP contribution is 2.44. The van der Waals surface area contributed by atoms with Crippen LogP contribution in [0, 0.1) is 11.7 Å². The molecule has 2 atom stereocenters. The van der Waals surface area contributed by atoms with E-state index in [1.165, 1.54) is 6.08 Å². The zero-order valence-corrected chi connectivity index (χ0v) is 25.0. The number of carbonyl (C=O) groups is 1. The van der Waals surface area contributed by atoms with Crippen molar-refractivity contribution in [2.75, 3.05) is 45.2 Å². The van der Waals surface area contributed by atoms with E-state index in [1.807, 2.05) is 38.4 Å². The number of halogens is 2. The van der Waals surface area contributed by atoms with Crippen molar-refractivity contribution in [2.45, 2.75) is 19.0 Å². The molecule has 1 amide bonds. The Morgan fingerprint density at radius 1 is 1.12 bits per heavy atom. The van der Waals surface area contributed by atoms with Gasteiger partial charge in [0.2, 0.25) is 5.91 Å². The number of anilines is 1. The minimum Gasteiger partial charge on any atom is -0.508 e. The molecule has 2 aromatic heterocycles. The molecule has 1 N–H and O–H groups in total. The molecule has 3 aromatic carbocycles. The van der Waals surface area contributed by atoms with Crippen molar-refractivity contribution in [1.82, 2.24) is 24.3 Å². The first-order valence-corrected chi connectivity index (χ1v) is 14.8. The van der Waals surface area contributed by atoms with Crippen LogP contribution in [-0.4, -0.2) is 81.7 Å². The summed E-state index contributed by atoms with van der Waals surface area (Å²) in [6.07, 6.45) is 3.12. The lowest BCUT2D eigenvalue weighted by atomic mass is 9.95. The summed E-state index contributed by atoms with van der Waals surface area (Å²) in [5.41, 5.74) is 2.30. The van der Waals surface area contributed by atoms with Gasteiger partial charge in [-0.05, 0) is 60.6 Å². The second-order valence-electron chi connectivity index (χ2n) is 12.0. The van der Waals surface area contributed by atoms with Gasteiger partial charge < -0.3 is 24.4 Å². The zero-order valence-electron chi connectivity index (χ0n) is 24.3. The second-order valence-corrected chi connectivity index (χ2v) is 12.4. The molecule has 4 heterocycles. The van der Waals surface area contributed by atoms with E-state index in [-0.39, 0.29) is 39.7 Å². The number of aromatic hydroxyl groups is 1. The molecular formula is C33H32ClFN6O2. The Hall–Kier alpha value is -4.21. The molecule has 2 aliphatic rings. The Morgan fingerprint density at radius 2 is 1.88 bits per heavy atom. The Balaban J connectivity index is 1.48. The molecule has 0 bridgehead atoms. The number of imidazole rings is 1. The van der Waals surface area contributed by atoms with Crippen LogP contribution >= 0.6 is 11.6 Å². The summed E-state index contributed by atoms with van der Waals surface area (Å²) in [5, 5.41) is 12.8. The van der Waals surface area contributed by atoms with E-state index in [9.17, 15) is 9.90 Å². The number of hydrogen-bond donors (Lipinski definition) is 1. The largest absolute Gasteiger partial charge is 0.508 e. The molecule has 7 rings (SSSR count). The van der Waals surface area contributed by atoms with Crippen LogP contribution in [0.2, 0.25) is 5.02 Å². The number of hydrogen-bond acceptors (Lipinski definition) is 6. The van der Waals surface area contributed by atoms with Crippen molar-refractivity contribution in [3.8, 4) is 16.9 Å². The summed E-state index contributed by atoms with van der Waals surface area (Å²) < 4.78 is 19.0. The normalized spacial score (nSPS) is 19.2. The van der Waals surface area contributed by atoms with Crippen LogP contribution in [0.15, 0.2) is 61.4 Å². The molecule has 0 radical (unpaired) electrons. The molecule has 0 spiro atoms. The van der Waals surface area contributed by atoms with Gasteiger partial charge in [-0.2, -0.15) is 0 Å². The van der Waals surface area contributed by atoms with E-state index in [2.05, 4.69) is 27.9 Å². The molecule has 10 heteroatoms. The highest BCUT2D eigenvalue weighted by atomic mass is 35.5. The number of phenolic OH excluding ortho intramolecular Hbond substituents is 1. The molecular weight excluding hydrogens is 567 g/mol. The molecule has 2 fully saturated rings. The number of likely N-dealkylation sites (N-methyl/N-ethyl adjacent to an activating group) is 1. The molecule has 0 unspecified atom stereocenters. The fourth-order valence-electron chi connectivity index (χ4n) is 6.64. The van der Waals surface area contributed by atoms with Crippen molar-refractivity contribution < 1.29 is 14.3 Å². The average molecular weight is 599 g/mol. The molecule has 2 aliphatic heterocycles. The summed E-state index contributed by atoms with van der Waals surface area (Å²) in [6, 6.07) is 12.7. The molecule has 8 nitrogen and oxygen atoms in total. The van der Waals surface area contributed by atoms with E-state index in [4.69, 9.17) is 21.6 Å². The third-order valence-corrected chi connectivity index (χ3v) is 9.39. The number of nitrogens with zero attached hydrogens (tertiary/aromatic N) is 6. The van der Waals surface area contributed by atoms with Gasteiger partial charge in [0.15, 0.2) is 11.6 Å². The van der Waals surface area contributed by atoms with E-state index < -0.39 is 5.82 Å². The smallest absolute Gasteiger partial charge is 0.246 e. The van der Waals surface area contributed by atoms with Gasteiger partial charge >= 0.3 is 0 Å². The van der Waals surface area contributed by atoms with Crippen LogP contribution in [0.5, 0.6) is 5.75 Å². The highest BCUT2D eigenvalue weighted by molar-refractivity contribution is 6.35. The van der Waals surface area contributed by atoms with E-state index in [0.29, 0.717) is 41.4 Å². The number of aromatic nitrogens is 3. The Bertz CT molecular complexity index is 1950. The van der Waals surface area contributed by atoms with Gasteiger partial charge in [-0.3, -0.25) is 4.79 Å². The highest BCUT2D eigenvalue weighted by Gasteiger charge is 2.36. The molecule has 2 saturated heterocycles. The summed E-state index contributed by atoms with van der Waals surface area (Å²) in [6.45, 7) is 8.33. The topological polar surface area (TPSA) is 77.7 Å². The van der Waals surface area contributed by atoms with Gasteiger partial charge in [0.05, 0.1) is 22.9 Å². The molecule has 220 valence electrons. The first-order chi connectivity index (χ1) is 20.7. The Kier molecular flexibility index (Phi) is 6.55. The van der Waals surface area contributed by atoms with Crippen LogP contribution in [0.1, 0.15) is 13.0 Å². The monoisotopic (exact) mass is 598 g/mol. The van der Waals surface area contributed by atoms with Gasteiger partial charge in [-0.1, -0.05) is 49.4 Å². The Labute approximate surface area is 253 Å². The fraction of sp³-hybridized carbons (Fsp3) is 0.303. The van der Waals surface area contributed by atoms with Crippen LogP contribution in [0.4, 0.5) is 10.2 Å². The molecule has 5 aromatic rings. The summed E-state index contributed by atoms with van der Waals surface area (Å²) in [7, 11) is 4.09. The van der Waals surface area contributed by atoms with Gasteiger partial charge in [0, 0.05) is 43.2 Å². The number of benzene rings is 3. The van der Waals surface area contributed by atoms with Gasteiger partial charge in [0.1, 0.15) is 16.8 Å². The quantitative estimate of drug-likeness (QED) is 0.256. The lowest BCUT2D eigenvalue weighted by Crippen LogP contribution is -2.57.